The topological polar surface area (TPSA) is 88.1 Å². The molecule has 0 spiro atoms. The predicted molar refractivity (Wildman–Crippen MR) is 144 cm³/mol. The standard InChI is InChI=1S/C29H29F3N4O4/c1-6-19-16-34(26(38)35(25(19)37)17-21-8-7-9-23(18(21)2)29(30,31)32)22-12-10-20(11-13-22)24-14-15-36(33-24)27(39)40-28(3,4)5/h7-16H,6,17H2,1-5H3. The van der Waals surface area contributed by atoms with Gasteiger partial charge < -0.3 is 4.74 Å². The Bertz CT molecular complexity index is 1670. The van der Waals surface area contributed by atoms with E-state index in [4.69, 9.17) is 4.74 Å². The van der Waals surface area contributed by atoms with Crippen LogP contribution in [-0.2, 0) is 23.9 Å². The van der Waals surface area contributed by atoms with E-state index in [0.29, 0.717) is 28.9 Å². The summed E-state index contributed by atoms with van der Waals surface area (Å²) in [5.41, 5.74) is -0.568. The van der Waals surface area contributed by atoms with Crippen LogP contribution in [-0.4, -0.2) is 30.6 Å². The Morgan fingerprint density at radius 3 is 2.25 bits per heavy atom. The first kappa shape index (κ1) is 28.6. The minimum Gasteiger partial charge on any atom is -0.442 e. The molecule has 0 fully saturated rings. The summed E-state index contributed by atoms with van der Waals surface area (Å²) in [5.74, 6) is 0. The molecule has 0 atom stereocenters. The maximum absolute atomic E-state index is 13.4. The van der Waals surface area contributed by atoms with Crippen molar-refractivity contribution in [2.75, 3.05) is 0 Å². The molecule has 210 valence electrons. The molecule has 0 saturated carbocycles. The number of rotatable bonds is 5. The Morgan fingerprint density at radius 1 is 0.975 bits per heavy atom. The minimum atomic E-state index is -4.55. The first-order valence-electron chi connectivity index (χ1n) is 12.6. The highest BCUT2D eigenvalue weighted by molar-refractivity contribution is 5.71. The number of nitrogens with zero attached hydrogens (tertiary/aromatic N) is 4. The normalized spacial score (nSPS) is 12.0. The number of carbonyl (C=O) groups excluding carboxylic acids is 1. The van der Waals surface area contributed by atoms with E-state index in [1.807, 2.05) is 0 Å². The molecular weight excluding hydrogens is 525 g/mol. The average molecular weight is 555 g/mol. The first-order chi connectivity index (χ1) is 18.7. The summed E-state index contributed by atoms with van der Waals surface area (Å²) in [6.45, 7) is 8.04. The summed E-state index contributed by atoms with van der Waals surface area (Å²) in [4.78, 5) is 38.8. The number of alkyl halides is 3. The molecule has 2 heterocycles. The van der Waals surface area contributed by atoms with Gasteiger partial charge in [-0.15, -0.1) is 0 Å². The van der Waals surface area contributed by atoms with Crippen LogP contribution in [0.25, 0.3) is 16.9 Å². The molecule has 4 aromatic rings. The summed E-state index contributed by atoms with van der Waals surface area (Å²) in [5, 5.41) is 4.27. The van der Waals surface area contributed by atoms with Crippen molar-refractivity contribution in [3.8, 4) is 16.9 Å². The van der Waals surface area contributed by atoms with Crippen LogP contribution in [0.1, 0.15) is 49.9 Å². The van der Waals surface area contributed by atoms with Gasteiger partial charge in [-0.1, -0.05) is 31.2 Å². The molecule has 0 aliphatic heterocycles. The molecular formula is C29H29F3N4O4. The van der Waals surface area contributed by atoms with Gasteiger partial charge in [0.1, 0.15) is 5.60 Å². The smallest absolute Gasteiger partial charge is 0.435 e. The largest absolute Gasteiger partial charge is 0.442 e. The molecule has 0 bridgehead atoms. The second-order valence-electron chi connectivity index (χ2n) is 10.3. The number of halogens is 3. The third-order valence-electron chi connectivity index (χ3n) is 6.31. The molecule has 2 aromatic carbocycles. The summed E-state index contributed by atoms with van der Waals surface area (Å²) in [6, 6.07) is 12.1. The molecule has 8 nitrogen and oxygen atoms in total. The van der Waals surface area contributed by atoms with Crippen molar-refractivity contribution in [1.82, 2.24) is 18.9 Å². The molecule has 4 rings (SSSR count). The van der Waals surface area contributed by atoms with Gasteiger partial charge in [-0.3, -0.25) is 13.9 Å². The van der Waals surface area contributed by atoms with Gasteiger partial charge in [-0.05, 0) is 69.5 Å². The quantitative estimate of drug-likeness (QED) is 0.321. The fourth-order valence-electron chi connectivity index (χ4n) is 4.24. The van der Waals surface area contributed by atoms with Crippen LogP contribution in [0.15, 0.2) is 70.5 Å². The Labute approximate surface area is 228 Å². The summed E-state index contributed by atoms with van der Waals surface area (Å²) in [7, 11) is 0. The number of carbonyl (C=O) groups is 1. The predicted octanol–water partition coefficient (Wildman–Crippen LogP) is 5.58. The van der Waals surface area contributed by atoms with E-state index in [0.717, 1.165) is 15.3 Å². The van der Waals surface area contributed by atoms with Crippen LogP contribution >= 0.6 is 0 Å². The lowest BCUT2D eigenvalue weighted by Gasteiger charge is -2.18. The maximum atomic E-state index is 13.4. The second kappa shape index (κ2) is 10.6. The molecule has 0 amide bonds. The number of hydrogen-bond acceptors (Lipinski definition) is 5. The fourth-order valence-corrected chi connectivity index (χ4v) is 4.24. The van der Waals surface area contributed by atoms with Crippen molar-refractivity contribution in [3.05, 3.63) is 104 Å². The number of ether oxygens (including phenoxy) is 1. The Balaban J connectivity index is 1.69. The van der Waals surface area contributed by atoms with E-state index in [1.165, 1.54) is 36.0 Å². The van der Waals surface area contributed by atoms with Gasteiger partial charge in [0.25, 0.3) is 5.56 Å². The molecule has 2 aromatic heterocycles. The monoisotopic (exact) mass is 554 g/mol. The van der Waals surface area contributed by atoms with Crippen LogP contribution in [0.2, 0.25) is 0 Å². The van der Waals surface area contributed by atoms with Gasteiger partial charge in [0.15, 0.2) is 0 Å². The van der Waals surface area contributed by atoms with Crippen LogP contribution in [0.4, 0.5) is 18.0 Å². The highest BCUT2D eigenvalue weighted by Crippen LogP contribution is 2.33. The fraction of sp³-hybridized carbons (Fsp3) is 0.310. The summed E-state index contributed by atoms with van der Waals surface area (Å²) in [6.07, 6.45) is -1.91. The lowest BCUT2D eigenvalue weighted by atomic mass is 10.0. The molecule has 40 heavy (non-hydrogen) atoms. The number of hydrogen-bond donors (Lipinski definition) is 0. The van der Waals surface area contributed by atoms with Crippen LogP contribution in [0, 0.1) is 6.92 Å². The third kappa shape index (κ3) is 5.93. The zero-order valence-corrected chi connectivity index (χ0v) is 22.7. The van der Waals surface area contributed by atoms with Gasteiger partial charge in [0.05, 0.1) is 23.5 Å². The molecule has 0 aliphatic rings. The van der Waals surface area contributed by atoms with E-state index in [9.17, 15) is 27.6 Å². The van der Waals surface area contributed by atoms with Gasteiger partial charge in [0, 0.05) is 23.5 Å². The average Bonchev–Trinajstić information content (AvgIpc) is 3.37. The SMILES string of the molecule is CCc1cn(-c2ccc(-c3ccn(C(=O)OC(C)(C)C)n3)cc2)c(=O)n(Cc2cccc(C(F)(F)F)c2C)c1=O. The number of aromatic nitrogens is 4. The highest BCUT2D eigenvalue weighted by Gasteiger charge is 2.33. The molecule has 0 aliphatic carbocycles. The van der Waals surface area contributed by atoms with E-state index in [1.54, 1.807) is 58.0 Å². The second-order valence-corrected chi connectivity index (χ2v) is 10.3. The molecule has 0 radical (unpaired) electrons. The van der Waals surface area contributed by atoms with E-state index < -0.39 is 34.7 Å². The van der Waals surface area contributed by atoms with Crippen molar-refractivity contribution in [1.29, 1.82) is 0 Å². The summed E-state index contributed by atoms with van der Waals surface area (Å²) >= 11 is 0. The van der Waals surface area contributed by atoms with Crippen molar-refractivity contribution < 1.29 is 22.7 Å². The Hall–Kier alpha value is -4.41. The maximum Gasteiger partial charge on any atom is 0.435 e. The first-order valence-corrected chi connectivity index (χ1v) is 12.6. The lowest BCUT2D eigenvalue weighted by Crippen LogP contribution is -2.41. The Morgan fingerprint density at radius 2 is 1.65 bits per heavy atom. The zero-order chi connectivity index (χ0) is 29.4. The number of benzene rings is 2. The summed E-state index contributed by atoms with van der Waals surface area (Å²) < 4.78 is 49.0. The van der Waals surface area contributed by atoms with Gasteiger partial charge in [0.2, 0.25) is 0 Å². The van der Waals surface area contributed by atoms with E-state index in [-0.39, 0.29) is 17.7 Å². The van der Waals surface area contributed by atoms with Crippen molar-refractivity contribution >= 4 is 6.09 Å². The molecule has 11 heteroatoms. The lowest BCUT2D eigenvalue weighted by molar-refractivity contribution is -0.138. The number of aryl methyl sites for hydroxylation is 1. The van der Waals surface area contributed by atoms with Gasteiger partial charge >= 0.3 is 18.0 Å². The molecule has 0 saturated heterocycles. The van der Waals surface area contributed by atoms with E-state index in [2.05, 4.69) is 5.10 Å². The van der Waals surface area contributed by atoms with Crippen molar-refractivity contribution in [2.45, 2.75) is 59.4 Å². The molecule has 0 unspecified atom stereocenters. The Kier molecular flexibility index (Phi) is 7.60. The van der Waals surface area contributed by atoms with Gasteiger partial charge in [-0.25, -0.2) is 9.59 Å². The van der Waals surface area contributed by atoms with Gasteiger partial charge in [-0.2, -0.15) is 23.0 Å². The van der Waals surface area contributed by atoms with Crippen molar-refractivity contribution in [2.24, 2.45) is 0 Å². The zero-order valence-electron chi connectivity index (χ0n) is 22.7. The van der Waals surface area contributed by atoms with E-state index >= 15 is 0 Å². The van der Waals surface area contributed by atoms with Crippen LogP contribution < -0.4 is 11.2 Å². The third-order valence-corrected chi connectivity index (χ3v) is 6.31. The van der Waals surface area contributed by atoms with Crippen LogP contribution in [0.5, 0.6) is 0 Å². The highest BCUT2D eigenvalue weighted by atomic mass is 19.4. The van der Waals surface area contributed by atoms with Crippen molar-refractivity contribution in [3.63, 3.8) is 0 Å². The minimum absolute atomic E-state index is 0.0371. The van der Waals surface area contributed by atoms with Crippen LogP contribution in [0.3, 0.4) is 0 Å². The molecule has 0 N–H and O–H groups in total.